The molecule has 0 atom stereocenters. The summed E-state index contributed by atoms with van der Waals surface area (Å²) >= 11 is 0. The third kappa shape index (κ3) is 4.21. The van der Waals surface area contributed by atoms with Crippen molar-refractivity contribution in [2.24, 2.45) is 5.92 Å². The number of rotatable bonds is 6. The molecule has 1 aliphatic rings. The van der Waals surface area contributed by atoms with Crippen molar-refractivity contribution in [3.63, 3.8) is 0 Å². The fourth-order valence-corrected chi connectivity index (χ4v) is 3.75. The third-order valence-corrected chi connectivity index (χ3v) is 5.32. The molecule has 0 unspecified atom stereocenters. The van der Waals surface area contributed by atoms with Crippen LogP contribution in [0.5, 0.6) is 5.75 Å². The first-order valence-corrected chi connectivity index (χ1v) is 9.76. The summed E-state index contributed by atoms with van der Waals surface area (Å²) in [5, 5.41) is 14.3. The molecule has 4 rings (SSSR count). The minimum absolute atomic E-state index is 0.0690. The molecule has 2 N–H and O–H groups in total. The highest BCUT2D eigenvalue weighted by Gasteiger charge is 2.19. The number of nitrogens with zero attached hydrogens (tertiary/aromatic N) is 2. The van der Waals surface area contributed by atoms with Crippen molar-refractivity contribution in [3.05, 3.63) is 58.4 Å². The Morgan fingerprint density at radius 1 is 1.28 bits per heavy atom. The number of carbonyl (C=O) groups is 1. The Labute approximate surface area is 167 Å². The molecule has 1 aromatic carbocycles. The zero-order valence-electron chi connectivity index (χ0n) is 15.9. The Bertz CT molecular complexity index is 1040. The average molecular weight is 394 g/mol. The van der Waals surface area contributed by atoms with Gasteiger partial charge in [-0.1, -0.05) is 19.3 Å². The van der Waals surface area contributed by atoms with Crippen molar-refractivity contribution in [2.45, 2.75) is 32.1 Å². The quantitative estimate of drug-likeness (QED) is 0.466. The van der Waals surface area contributed by atoms with E-state index < -0.39 is 10.8 Å². The minimum Gasteiger partial charge on any atom is -0.489 e. The maximum absolute atomic E-state index is 12.8. The van der Waals surface area contributed by atoms with Crippen molar-refractivity contribution in [3.8, 4) is 5.75 Å². The van der Waals surface area contributed by atoms with Crippen LogP contribution in [0.4, 0.5) is 11.5 Å². The molecule has 0 radical (unpaired) electrons. The number of aromatic amines is 1. The molecule has 1 fully saturated rings. The van der Waals surface area contributed by atoms with Gasteiger partial charge in [0.25, 0.3) is 11.6 Å². The van der Waals surface area contributed by atoms with Crippen molar-refractivity contribution in [2.75, 3.05) is 11.9 Å². The molecule has 0 bridgehead atoms. The lowest BCUT2D eigenvalue weighted by Crippen LogP contribution is -2.17. The van der Waals surface area contributed by atoms with Crippen LogP contribution >= 0.6 is 0 Å². The van der Waals surface area contributed by atoms with E-state index in [4.69, 9.17) is 4.74 Å². The predicted octanol–water partition coefficient (Wildman–Crippen LogP) is 4.68. The van der Waals surface area contributed by atoms with Crippen LogP contribution < -0.4 is 10.1 Å². The number of non-ortho nitro benzene ring substituents is 1. The van der Waals surface area contributed by atoms with Crippen LogP contribution in [0.3, 0.4) is 0 Å². The lowest BCUT2D eigenvalue weighted by atomic mass is 9.90. The lowest BCUT2D eigenvalue weighted by Gasteiger charge is -2.22. The summed E-state index contributed by atoms with van der Waals surface area (Å²) in [7, 11) is 0. The molecular weight excluding hydrogens is 372 g/mol. The van der Waals surface area contributed by atoms with Gasteiger partial charge in [0.05, 0.1) is 17.1 Å². The molecule has 3 aromatic rings. The Kier molecular flexibility index (Phi) is 5.41. The number of benzene rings is 1. The monoisotopic (exact) mass is 394 g/mol. The van der Waals surface area contributed by atoms with E-state index in [1.807, 2.05) is 0 Å². The number of hydrogen-bond acceptors (Lipinski definition) is 5. The summed E-state index contributed by atoms with van der Waals surface area (Å²) in [6, 6.07) is 7.92. The summed E-state index contributed by atoms with van der Waals surface area (Å²) in [5.74, 6) is 0.991. The highest BCUT2D eigenvalue weighted by atomic mass is 16.6. The molecule has 1 amide bonds. The van der Waals surface area contributed by atoms with E-state index in [0.29, 0.717) is 40.6 Å². The predicted molar refractivity (Wildman–Crippen MR) is 109 cm³/mol. The topological polar surface area (TPSA) is 110 Å². The van der Waals surface area contributed by atoms with Crippen LogP contribution in [0.25, 0.3) is 10.9 Å². The molecule has 0 saturated heterocycles. The van der Waals surface area contributed by atoms with Crippen molar-refractivity contribution < 1.29 is 14.5 Å². The van der Waals surface area contributed by atoms with Gasteiger partial charge in [0.2, 0.25) is 0 Å². The molecule has 0 spiro atoms. The minimum atomic E-state index is -0.482. The fourth-order valence-electron chi connectivity index (χ4n) is 3.75. The Morgan fingerprint density at radius 3 is 2.90 bits per heavy atom. The molecule has 2 aromatic heterocycles. The molecule has 0 aliphatic heterocycles. The molecule has 1 saturated carbocycles. The summed E-state index contributed by atoms with van der Waals surface area (Å²) in [6.45, 7) is 0.605. The van der Waals surface area contributed by atoms with E-state index >= 15 is 0 Å². The standard InChI is InChI=1S/C21H22N4O4/c26-21(17-12-23-18-9-8-15(25(27)28)11-16(17)18)24-20-19(7-4-10-22-20)29-13-14-5-2-1-3-6-14/h4,7-12,14,23H,1-3,5-6,13H2,(H,22,24,26). The number of nitro benzene ring substituents is 1. The van der Waals surface area contributed by atoms with Gasteiger partial charge in [-0.3, -0.25) is 14.9 Å². The highest BCUT2D eigenvalue weighted by Crippen LogP contribution is 2.28. The zero-order chi connectivity index (χ0) is 20.2. The average Bonchev–Trinajstić information content (AvgIpc) is 3.17. The SMILES string of the molecule is O=C(Nc1ncccc1OCC1CCCCC1)c1c[nH]c2ccc([N+](=O)[O-])cc12. The number of pyridine rings is 1. The van der Waals surface area contributed by atoms with Gasteiger partial charge < -0.3 is 15.0 Å². The molecule has 29 heavy (non-hydrogen) atoms. The number of nitrogens with one attached hydrogen (secondary N) is 2. The highest BCUT2D eigenvalue weighted by molar-refractivity contribution is 6.13. The number of amides is 1. The van der Waals surface area contributed by atoms with E-state index in [2.05, 4.69) is 15.3 Å². The first-order valence-electron chi connectivity index (χ1n) is 9.76. The van der Waals surface area contributed by atoms with Gasteiger partial charge in [-0.25, -0.2) is 4.98 Å². The van der Waals surface area contributed by atoms with E-state index in [0.717, 1.165) is 12.8 Å². The van der Waals surface area contributed by atoms with Crippen LogP contribution in [0, 0.1) is 16.0 Å². The van der Waals surface area contributed by atoms with Crippen LogP contribution in [-0.4, -0.2) is 27.4 Å². The number of nitro groups is 1. The molecule has 2 heterocycles. The number of ether oxygens (including phenoxy) is 1. The number of anilines is 1. The van der Waals surface area contributed by atoms with Crippen LogP contribution in [0.2, 0.25) is 0 Å². The molecule has 8 heteroatoms. The fraction of sp³-hybridized carbons (Fsp3) is 0.333. The van der Waals surface area contributed by atoms with Gasteiger partial charge in [-0.15, -0.1) is 0 Å². The lowest BCUT2D eigenvalue weighted by molar-refractivity contribution is -0.384. The van der Waals surface area contributed by atoms with Crippen molar-refractivity contribution in [1.82, 2.24) is 9.97 Å². The molecule has 150 valence electrons. The summed E-state index contributed by atoms with van der Waals surface area (Å²) < 4.78 is 5.96. The maximum atomic E-state index is 12.8. The zero-order valence-corrected chi connectivity index (χ0v) is 15.9. The summed E-state index contributed by atoms with van der Waals surface area (Å²) in [4.78, 5) is 30.6. The van der Waals surface area contributed by atoms with E-state index in [1.54, 1.807) is 24.4 Å². The molecular formula is C21H22N4O4. The second kappa shape index (κ2) is 8.30. The van der Waals surface area contributed by atoms with E-state index in [-0.39, 0.29) is 5.69 Å². The number of hydrogen-bond donors (Lipinski definition) is 2. The van der Waals surface area contributed by atoms with Gasteiger partial charge >= 0.3 is 0 Å². The Morgan fingerprint density at radius 2 is 2.10 bits per heavy atom. The Balaban J connectivity index is 1.52. The first kappa shape index (κ1) is 18.9. The number of H-pyrrole nitrogens is 1. The van der Waals surface area contributed by atoms with Gasteiger partial charge in [-0.2, -0.15) is 0 Å². The van der Waals surface area contributed by atoms with Gasteiger partial charge in [-0.05, 0) is 37.0 Å². The number of carbonyl (C=O) groups excluding carboxylic acids is 1. The van der Waals surface area contributed by atoms with Gasteiger partial charge in [0, 0.05) is 35.4 Å². The summed E-state index contributed by atoms with van der Waals surface area (Å²) in [6.07, 6.45) is 9.20. The Hall–Kier alpha value is -3.42. The normalized spacial score (nSPS) is 14.6. The van der Waals surface area contributed by atoms with E-state index in [9.17, 15) is 14.9 Å². The second-order valence-electron chi connectivity index (χ2n) is 7.31. The second-order valence-corrected chi connectivity index (χ2v) is 7.31. The maximum Gasteiger partial charge on any atom is 0.270 e. The van der Waals surface area contributed by atoms with E-state index in [1.165, 1.54) is 37.6 Å². The van der Waals surface area contributed by atoms with Crippen molar-refractivity contribution in [1.29, 1.82) is 0 Å². The number of aromatic nitrogens is 2. The van der Waals surface area contributed by atoms with Gasteiger partial charge in [0.15, 0.2) is 11.6 Å². The summed E-state index contributed by atoms with van der Waals surface area (Å²) in [5.41, 5.74) is 0.892. The largest absolute Gasteiger partial charge is 0.489 e. The van der Waals surface area contributed by atoms with Crippen LogP contribution in [-0.2, 0) is 0 Å². The molecule has 8 nitrogen and oxygen atoms in total. The van der Waals surface area contributed by atoms with Crippen molar-refractivity contribution >= 4 is 28.3 Å². The van der Waals surface area contributed by atoms with Gasteiger partial charge in [0.1, 0.15) is 0 Å². The first-order chi connectivity index (χ1) is 14.1. The van der Waals surface area contributed by atoms with Crippen LogP contribution in [0.1, 0.15) is 42.5 Å². The molecule has 1 aliphatic carbocycles. The van der Waals surface area contributed by atoms with Crippen LogP contribution in [0.15, 0.2) is 42.7 Å². The number of fused-ring (bicyclic) bond motifs is 1. The third-order valence-electron chi connectivity index (χ3n) is 5.32. The smallest absolute Gasteiger partial charge is 0.270 e.